The Morgan fingerprint density at radius 2 is 1.65 bits per heavy atom. The average molecular weight is 526 g/mol. The Labute approximate surface area is 219 Å². The summed E-state index contributed by atoms with van der Waals surface area (Å²) in [6, 6.07) is 18.7. The predicted molar refractivity (Wildman–Crippen MR) is 145 cm³/mol. The molecule has 8 nitrogen and oxygen atoms in total. The number of rotatable bonds is 11. The van der Waals surface area contributed by atoms with Gasteiger partial charge in [0.15, 0.2) is 0 Å². The van der Waals surface area contributed by atoms with E-state index in [1.54, 1.807) is 44.4 Å². The summed E-state index contributed by atoms with van der Waals surface area (Å²) in [6.07, 6.45) is 0. The van der Waals surface area contributed by atoms with Gasteiger partial charge in [-0.2, -0.15) is 4.31 Å². The van der Waals surface area contributed by atoms with Crippen LogP contribution in [0.2, 0.25) is 0 Å². The molecule has 0 spiro atoms. The van der Waals surface area contributed by atoms with E-state index in [0.717, 1.165) is 20.6 Å². The van der Waals surface area contributed by atoms with E-state index >= 15 is 0 Å². The van der Waals surface area contributed by atoms with Crippen molar-refractivity contribution in [2.45, 2.75) is 38.3 Å². The first-order valence-electron chi connectivity index (χ1n) is 12.2. The molecule has 37 heavy (non-hydrogen) atoms. The number of hydrogen-bond acceptors (Lipinski definition) is 5. The quantitative estimate of drug-likeness (QED) is 0.412. The first-order chi connectivity index (χ1) is 17.5. The number of carbonyl (C=O) groups excluding carboxylic acids is 2. The summed E-state index contributed by atoms with van der Waals surface area (Å²) in [5.74, 6) is 0.0848. The van der Waals surface area contributed by atoms with Gasteiger partial charge in [-0.1, -0.05) is 56.3 Å². The molecule has 198 valence electrons. The van der Waals surface area contributed by atoms with Crippen molar-refractivity contribution < 1.29 is 22.7 Å². The molecule has 0 aliphatic rings. The first-order valence-corrected chi connectivity index (χ1v) is 13.6. The van der Waals surface area contributed by atoms with E-state index in [1.807, 2.05) is 44.2 Å². The number of benzene rings is 3. The minimum atomic E-state index is -3.94. The van der Waals surface area contributed by atoms with Crippen LogP contribution in [-0.4, -0.2) is 62.7 Å². The van der Waals surface area contributed by atoms with Crippen LogP contribution in [0.25, 0.3) is 10.8 Å². The second kappa shape index (κ2) is 12.2. The highest BCUT2D eigenvalue weighted by atomic mass is 32.2. The lowest BCUT2D eigenvalue weighted by Gasteiger charge is -2.30. The normalized spacial score (nSPS) is 12.5. The highest BCUT2D eigenvalue weighted by Gasteiger charge is 2.30. The molecule has 0 aliphatic heterocycles. The van der Waals surface area contributed by atoms with Crippen LogP contribution in [0.15, 0.2) is 71.6 Å². The van der Waals surface area contributed by atoms with Crippen molar-refractivity contribution >= 4 is 32.6 Å². The number of amides is 2. The van der Waals surface area contributed by atoms with E-state index in [2.05, 4.69) is 5.32 Å². The summed E-state index contributed by atoms with van der Waals surface area (Å²) in [7, 11) is -1.02. The molecule has 2 amide bonds. The molecule has 0 fully saturated rings. The lowest BCUT2D eigenvalue weighted by Crippen LogP contribution is -2.51. The molecule has 1 atom stereocenters. The molecular weight excluding hydrogens is 490 g/mol. The van der Waals surface area contributed by atoms with Crippen molar-refractivity contribution in [1.29, 1.82) is 0 Å². The highest BCUT2D eigenvalue weighted by molar-refractivity contribution is 7.89. The van der Waals surface area contributed by atoms with Gasteiger partial charge in [0.05, 0.1) is 18.6 Å². The van der Waals surface area contributed by atoms with Crippen LogP contribution < -0.4 is 10.1 Å². The third kappa shape index (κ3) is 7.08. The molecule has 0 aromatic heterocycles. The van der Waals surface area contributed by atoms with E-state index in [-0.39, 0.29) is 23.3 Å². The smallest absolute Gasteiger partial charge is 0.243 e. The van der Waals surface area contributed by atoms with Gasteiger partial charge in [0, 0.05) is 20.1 Å². The molecule has 0 saturated carbocycles. The van der Waals surface area contributed by atoms with Crippen LogP contribution >= 0.6 is 0 Å². The van der Waals surface area contributed by atoms with Gasteiger partial charge in [0.25, 0.3) is 0 Å². The van der Waals surface area contributed by atoms with Gasteiger partial charge in [-0.3, -0.25) is 9.59 Å². The third-order valence-corrected chi connectivity index (χ3v) is 7.93. The SMILES string of the molecule is COc1cccc(CN(C(=O)CN(C)S(=O)(=O)c2ccc3ccccc3c2)[C@@H](C)C(=O)NCC(C)C)c1. The Morgan fingerprint density at radius 1 is 0.946 bits per heavy atom. The van der Waals surface area contributed by atoms with Crippen LogP contribution in [0.4, 0.5) is 0 Å². The summed E-state index contributed by atoms with van der Waals surface area (Å²) in [6.45, 7) is 5.79. The molecule has 3 rings (SSSR count). The molecule has 3 aromatic rings. The molecule has 0 saturated heterocycles. The van der Waals surface area contributed by atoms with Crippen molar-refractivity contribution in [1.82, 2.24) is 14.5 Å². The van der Waals surface area contributed by atoms with Gasteiger partial charge < -0.3 is 15.0 Å². The number of nitrogens with zero attached hydrogens (tertiary/aromatic N) is 2. The Morgan fingerprint density at radius 3 is 2.32 bits per heavy atom. The minimum absolute atomic E-state index is 0.101. The van der Waals surface area contributed by atoms with E-state index in [9.17, 15) is 18.0 Å². The lowest BCUT2D eigenvalue weighted by molar-refractivity contribution is -0.140. The molecule has 0 heterocycles. The summed E-state index contributed by atoms with van der Waals surface area (Å²) in [4.78, 5) is 27.9. The van der Waals surface area contributed by atoms with Gasteiger partial charge in [-0.05, 0) is 53.4 Å². The standard InChI is InChI=1S/C28H35N3O5S/c1-20(2)17-29-28(33)21(3)31(18-22-9-8-12-25(15-22)36-5)27(32)19-30(4)37(34,35)26-14-13-23-10-6-7-11-24(23)16-26/h6-16,20-21H,17-19H2,1-5H3,(H,29,33)/t21-/m0/s1. The zero-order valence-corrected chi connectivity index (χ0v) is 22.8. The fraction of sp³-hybridized carbons (Fsp3) is 0.357. The fourth-order valence-corrected chi connectivity index (χ4v) is 5.03. The number of methoxy groups -OCH3 is 1. The maximum atomic E-state index is 13.5. The average Bonchev–Trinajstić information content (AvgIpc) is 2.89. The maximum absolute atomic E-state index is 13.5. The molecule has 3 aromatic carbocycles. The van der Waals surface area contributed by atoms with Crippen LogP contribution in [0.5, 0.6) is 5.75 Å². The van der Waals surface area contributed by atoms with Gasteiger partial charge in [0.2, 0.25) is 21.8 Å². The molecule has 0 unspecified atom stereocenters. The number of carbonyl (C=O) groups is 2. The summed E-state index contributed by atoms with van der Waals surface area (Å²) in [5, 5.41) is 4.57. The van der Waals surface area contributed by atoms with Crippen LogP contribution in [0.3, 0.4) is 0 Å². The van der Waals surface area contributed by atoms with E-state index in [1.165, 1.54) is 18.0 Å². The number of nitrogens with one attached hydrogen (secondary N) is 1. The largest absolute Gasteiger partial charge is 0.497 e. The van der Waals surface area contributed by atoms with Gasteiger partial charge in [0.1, 0.15) is 11.8 Å². The second-order valence-electron chi connectivity index (χ2n) is 9.46. The number of ether oxygens (including phenoxy) is 1. The van der Waals surface area contributed by atoms with Crippen molar-refractivity contribution in [2.24, 2.45) is 5.92 Å². The van der Waals surface area contributed by atoms with Crippen molar-refractivity contribution in [3.63, 3.8) is 0 Å². The Balaban J connectivity index is 1.84. The summed E-state index contributed by atoms with van der Waals surface area (Å²) in [5.41, 5.74) is 0.760. The maximum Gasteiger partial charge on any atom is 0.243 e. The topological polar surface area (TPSA) is 96.0 Å². The Bertz CT molecular complexity index is 1360. The van der Waals surface area contributed by atoms with Crippen molar-refractivity contribution in [3.05, 3.63) is 72.3 Å². The Hall–Kier alpha value is -3.43. The van der Waals surface area contributed by atoms with E-state index in [0.29, 0.717) is 12.3 Å². The van der Waals surface area contributed by atoms with Crippen LogP contribution in [0, 0.1) is 5.92 Å². The summed E-state index contributed by atoms with van der Waals surface area (Å²) >= 11 is 0. The van der Waals surface area contributed by atoms with Crippen LogP contribution in [0.1, 0.15) is 26.3 Å². The second-order valence-corrected chi connectivity index (χ2v) is 11.5. The Kier molecular flexibility index (Phi) is 9.29. The number of hydrogen-bond donors (Lipinski definition) is 1. The zero-order valence-electron chi connectivity index (χ0n) is 22.0. The minimum Gasteiger partial charge on any atom is -0.497 e. The molecule has 9 heteroatoms. The molecule has 1 N–H and O–H groups in total. The first kappa shape index (κ1) is 28.1. The third-order valence-electron chi connectivity index (χ3n) is 6.13. The monoisotopic (exact) mass is 525 g/mol. The molecule has 0 bridgehead atoms. The van der Waals surface area contributed by atoms with Gasteiger partial charge in [-0.25, -0.2) is 8.42 Å². The number of likely N-dealkylation sites (N-methyl/N-ethyl adjacent to an activating group) is 1. The number of sulfonamides is 1. The number of fused-ring (bicyclic) bond motifs is 1. The van der Waals surface area contributed by atoms with E-state index < -0.39 is 28.5 Å². The summed E-state index contributed by atoms with van der Waals surface area (Å²) < 4.78 is 32.9. The highest BCUT2D eigenvalue weighted by Crippen LogP contribution is 2.22. The molecule has 0 radical (unpaired) electrons. The predicted octanol–water partition coefficient (Wildman–Crippen LogP) is 3.66. The van der Waals surface area contributed by atoms with Crippen molar-refractivity contribution in [3.8, 4) is 5.75 Å². The van der Waals surface area contributed by atoms with Gasteiger partial charge >= 0.3 is 0 Å². The lowest BCUT2D eigenvalue weighted by atomic mass is 10.1. The van der Waals surface area contributed by atoms with Gasteiger partial charge in [-0.15, -0.1) is 0 Å². The van der Waals surface area contributed by atoms with E-state index in [4.69, 9.17) is 4.74 Å². The molecule has 0 aliphatic carbocycles. The molecular formula is C28H35N3O5S. The van der Waals surface area contributed by atoms with Crippen LogP contribution in [-0.2, 0) is 26.2 Å². The zero-order chi connectivity index (χ0) is 27.2. The fourth-order valence-electron chi connectivity index (χ4n) is 3.88. The van der Waals surface area contributed by atoms with Crippen molar-refractivity contribution in [2.75, 3.05) is 27.2 Å².